The highest BCUT2D eigenvalue weighted by atomic mass is 16.5. The maximum absolute atomic E-state index is 13.3. The summed E-state index contributed by atoms with van der Waals surface area (Å²) in [7, 11) is 0. The molecule has 0 fully saturated rings. The Balaban J connectivity index is 1.40. The van der Waals surface area contributed by atoms with Gasteiger partial charge in [0.15, 0.2) is 0 Å². The first-order chi connectivity index (χ1) is 20.3. The number of anilines is 1. The zero-order valence-corrected chi connectivity index (χ0v) is 23.9. The average Bonchev–Trinajstić information content (AvgIpc) is 2.99. The number of hydrogen-bond acceptors (Lipinski definition) is 6. The van der Waals surface area contributed by atoms with Crippen molar-refractivity contribution >= 4 is 23.7 Å². The molecule has 3 aromatic rings. The van der Waals surface area contributed by atoms with Gasteiger partial charge in [-0.05, 0) is 84.7 Å². The third-order valence-electron chi connectivity index (χ3n) is 7.39. The third-order valence-corrected chi connectivity index (χ3v) is 7.39. The topological polar surface area (TPSA) is 129 Å². The normalized spacial score (nSPS) is 12.9. The lowest BCUT2D eigenvalue weighted by atomic mass is 9.91. The van der Waals surface area contributed by atoms with Crippen LogP contribution in [0.25, 0.3) is 11.1 Å². The summed E-state index contributed by atoms with van der Waals surface area (Å²) in [5.74, 6) is -0.378. The summed E-state index contributed by atoms with van der Waals surface area (Å²) in [4.78, 5) is 38.4. The molecule has 3 aromatic carbocycles. The molecule has 2 amide bonds. The number of benzene rings is 3. The quantitative estimate of drug-likeness (QED) is 0.283. The molecule has 1 unspecified atom stereocenters. The highest BCUT2D eigenvalue weighted by Crippen LogP contribution is 2.36. The number of carbonyl (C=O) groups is 3. The minimum absolute atomic E-state index is 0.0671. The standard InChI is InChI=1S/C33H35N3O6/c1-22-8-3-14-30(23(22)2)41-19-7-15-31(37)36-18-6-12-27-26(11-5-13-29(27)36)25-10-4-9-24(20-25)21-42-33(40)35-28(16-17-34)32(38)39/h3-5,8-11,13-14,20,28H,6-7,12,15-16,18-19,21H2,1-2H3,(H,35,40)(H,38,39). The van der Waals surface area contributed by atoms with Crippen molar-refractivity contribution in [2.24, 2.45) is 0 Å². The first kappa shape index (κ1) is 30.1. The van der Waals surface area contributed by atoms with Gasteiger partial charge in [0.2, 0.25) is 5.91 Å². The molecule has 1 atom stereocenters. The van der Waals surface area contributed by atoms with E-state index in [1.54, 1.807) is 6.07 Å². The molecule has 0 saturated carbocycles. The number of nitrogens with zero attached hydrogens (tertiary/aromatic N) is 2. The SMILES string of the molecule is Cc1cccc(OCCCC(=O)N2CCCc3c(-c4cccc(COC(=O)NC(CC#N)C(=O)O)c4)cccc32)c1C. The van der Waals surface area contributed by atoms with Gasteiger partial charge in [-0.15, -0.1) is 0 Å². The second-order valence-corrected chi connectivity index (χ2v) is 10.3. The Morgan fingerprint density at radius 1 is 1.10 bits per heavy atom. The molecule has 0 saturated heterocycles. The molecule has 1 heterocycles. The van der Waals surface area contributed by atoms with Crippen LogP contribution in [-0.2, 0) is 27.4 Å². The minimum atomic E-state index is -1.33. The van der Waals surface area contributed by atoms with Crippen LogP contribution in [0.3, 0.4) is 0 Å². The summed E-state index contributed by atoms with van der Waals surface area (Å²) in [5.41, 5.74) is 6.96. The Bertz CT molecular complexity index is 1500. The lowest BCUT2D eigenvalue weighted by molar-refractivity contribution is -0.139. The van der Waals surface area contributed by atoms with Gasteiger partial charge in [-0.25, -0.2) is 9.59 Å². The van der Waals surface area contributed by atoms with Gasteiger partial charge in [0.05, 0.1) is 19.1 Å². The van der Waals surface area contributed by atoms with Crippen molar-refractivity contribution in [2.45, 2.75) is 58.6 Å². The van der Waals surface area contributed by atoms with Gasteiger partial charge in [-0.1, -0.05) is 42.5 Å². The fourth-order valence-electron chi connectivity index (χ4n) is 5.03. The van der Waals surface area contributed by atoms with Crippen molar-refractivity contribution in [1.29, 1.82) is 5.26 Å². The van der Waals surface area contributed by atoms with Crippen molar-refractivity contribution in [3.05, 3.63) is 82.9 Å². The highest BCUT2D eigenvalue weighted by Gasteiger charge is 2.25. The van der Waals surface area contributed by atoms with E-state index in [0.29, 0.717) is 26.0 Å². The van der Waals surface area contributed by atoms with Gasteiger partial charge in [-0.3, -0.25) is 4.79 Å². The number of fused-ring (bicyclic) bond motifs is 1. The largest absolute Gasteiger partial charge is 0.493 e. The molecule has 218 valence electrons. The smallest absolute Gasteiger partial charge is 0.408 e. The minimum Gasteiger partial charge on any atom is -0.493 e. The molecule has 4 rings (SSSR count). The number of ether oxygens (including phenoxy) is 2. The summed E-state index contributed by atoms with van der Waals surface area (Å²) in [6.45, 7) is 5.16. The molecule has 0 radical (unpaired) electrons. The van der Waals surface area contributed by atoms with E-state index in [9.17, 15) is 14.4 Å². The molecule has 0 bridgehead atoms. The predicted octanol–water partition coefficient (Wildman–Crippen LogP) is 5.70. The van der Waals surface area contributed by atoms with Crippen LogP contribution >= 0.6 is 0 Å². The maximum Gasteiger partial charge on any atom is 0.408 e. The van der Waals surface area contributed by atoms with Crippen molar-refractivity contribution in [1.82, 2.24) is 5.32 Å². The lowest BCUT2D eigenvalue weighted by Crippen LogP contribution is -2.40. The number of nitrogens with one attached hydrogen (secondary N) is 1. The molecule has 9 nitrogen and oxygen atoms in total. The van der Waals surface area contributed by atoms with Crippen LogP contribution in [0.4, 0.5) is 10.5 Å². The second-order valence-electron chi connectivity index (χ2n) is 10.3. The summed E-state index contributed by atoms with van der Waals surface area (Å²) in [5, 5.41) is 20.1. The summed E-state index contributed by atoms with van der Waals surface area (Å²) < 4.78 is 11.2. The highest BCUT2D eigenvalue weighted by molar-refractivity contribution is 5.96. The molecular weight excluding hydrogens is 534 g/mol. The Labute approximate surface area is 245 Å². The fraction of sp³-hybridized carbons (Fsp3) is 0.333. The van der Waals surface area contributed by atoms with Crippen LogP contribution < -0.4 is 15.0 Å². The monoisotopic (exact) mass is 569 g/mol. The van der Waals surface area contributed by atoms with Crippen LogP contribution in [0.15, 0.2) is 60.7 Å². The van der Waals surface area contributed by atoms with Gasteiger partial charge in [0.1, 0.15) is 18.4 Å². The average molecular weight is 570 g/mol. The van der Waals surface area contributed by atoms with E-state index in [2.05, 4.69) is 18.3 Å². The zero-order chi connectivity index (χ0) is 30.1. The van der Waals surface area contributed by atoms with Crippen LogP contribution in [-0.4, -0.2) is 42.3 Å². The van der Waals surface area contributed by atoms with Crippen molar-refractivity contribution in [3.8, 4) is 22.9 Å². The Morgan fingerprint density at radius 2 is 1.88 bits per heavy atom. The molecule has 0 aromatic heterocycles. The molecule has 9 heteroatoms. The van der Waals surface area contributed by atoms with E-state index in [4.69, 9.17) is 19.8 Å². The number of alkyl carbamates (subject to hydrolysis) is 1. The molecule has 0 spiro atoms. The summed E-state index contributed by atoms with van der Waals surface area (Å²) in [6, 6.07) is 19.9. The number of carboxylic acid groups (broad SMARTS) is 1. The Hall–Kier alpha value is -4.84. The number of amides is 2. The van der Waals surface area contributed by atoms with Crippen molar-refractivity contribution in [2.75, 3.05) is 18.1 Å². The first-order valence-corrected chi connectivity index (χ1v) is 14.0. The van der Waals surface area contributed by atoms with Gasteiger partial charge in [0, 0.05) is 18.7 Å². The lowest BCUT2D eigenvalue weighted by Gasteiger charge is -2.31. The van der Waals surface area contributed by atoms with E-state index < -0.39 is 18.1 Å². The number of carbonyl (C=O) groups excluding carboxylic acids is 2. The van der Waals surface area contributed by atoms with E-state index in [-0.39, 0.29) is 18.9 Å². The van der Waals surface area contributed by atoms with Crippen molar-refractivity contribution in [3.63, 3.8) is 0 Å². The summed E-state index contributed by atoms with van der Waals surface area (Å²) in [6.07, 6.45) is 1.43. The molecule has 1 aliphatic heterocycles. The van der Waals surface area contributed by atoms with E-state index in [1.165, 1.54) is 5.56 Å². The fourth-order valence-corrected chi connectivity index (χ4v) is 5.03. The predicted molar refractivity (Wildman–Crippen MR) is 158 cm³/mol. The molecule has 1 aliphatic rings. The summed E-state index contributed by atoms with van der Waals surface area (Å²) >= 11 is 0. The van der Waals surface area contributed by atoms with Gasteiger partial charge in [0.25, 0.3) is 0 Å². The number of nitriles is 1. The van der Waals surface area contributed by atoms with Crippen molar-refractivity contribution < 1.29 is 29.0 Å². The molecule has 42 heavy (non-hydrogen) atoms. The number of hydrogen-bond donors (Lipinski definition) is 2. The third kappa shape index (κ3) is 7.46. The van der Waals surface area contributed by atoms with Crippen LogP contribution in [0.5, 0.6) is 5.75 Å². The van der Waals surface area contributed by atoms with Gasteiger partial charge < -0.3 is 24.8 Å². The Morgan fingerprint density at radius 3 is 2.67 bits per heavy atom. The van der Waals surface area contributed by atoms with E-state index in [1.807, 2.05) is 66.4 Å². The first-order valence-electron chi connectivity index (χ1n) is 14.0. The molecular formula is C33H35N3O6. The van der Waals surface area contributed by atoms with E-state index >= 15 is 0 Å². The van der Waals surface area contributed by atoms with Crippen LogP contribution in [0.2, 0.25) is 0 Å². The van der Waals surface area contributed by atoms with E-state index in [0.717, 1.165) is 52.1 Å². The van der Waals surface area contributed by atoms with Crippen LogP contribution in [0.1, 0.15) is 47.9 Å². The zero-order valence-electron chi connectivity index (χ0n) is 23.9. The van der Waals surface area contributed by atoms with Gasteiger partial charge in [-0.2, -0.15) is 5.26 Å². The maximum atomic E-state index is 13.3. The Kier molecular flexibility index (Phi) is 10.2. The number of aliphatic carboxylic acids is 1. The number of rotatable bonds is 11. The van der Waals surface area contributed by atoms with Crippen LogP contribution in [0, 0.1) is 25.2 Å². The second kappa shape index (κ2) is 14.2. The van der Waals surface area contributed by atoms with Gasteiger partial charge >= 0.3 is 12.1 Å². The number of carboxylic acids is 1. The number of aryl methyl sites for hydroxylation is 1. The molecule has 0 aliphatic carbocycles. The molecule has 2 N–H and O–H groups in total.